The lowest BCUT2D eigenvalue weighted by atomic mass is 9.98. The van der Waals surface area contributed by atoms with Gasteiger partial charge in [-0.05, 0) is 65.1 Å². The Kier molecular flexibility index (Phi) is 6.92. The van der Waals surface area contributed by atoms with Crippen molar-refractivity contribution in [1.82, 2.24) is 24.9 Å². The van der Waals surface area contributed by atoms with E-state index in [1.54, 1.807) is 35.1 Å². The monoisotopic (exact) mass is 511 g/mol. The molecule has 5 rings (SSSR count). The van der Waals surface area contributed by atoms with Crippen LogP contribution in [0.4, 0.5) is 0 Å². The summed E-state index contributed by atoms with van der Waals surface area (Å²) in [6.07, 6.45) is 11.2. The van der Waals surface area contributed by atoms with Gasteiger partial charge in [-0.3, -0.25) is 4.98 Å². The van der Waals surface area contributed by atoms with Crippen LogP contribution in [-0.2, 0) is 6.42 Å². The highest BCUT2D eigenvalue weighted by molar-refractivity contribution is 7.17. The number of alkyl halides is 2. The molecule has 0 aliphatic heterocycles. The number of hydrogen-bond acceptors (Lipinski definition) is 7. The molecule has 166 valence electrons. The Morgan fingerprint density at radius 1 is 0.879 bits per heavy atom. The number of rotatable bonds is 8. The van der Waals surface area contributed by atoms with Gasteiger partial charge in [-0.1, -0.05) is 0 Å². The molecule has 33 heavy (non-hydrogen) atoms. The average molecular weight is 512 g/mol. The van der Waals surface area contributed by atoms with Crippen molar-refractivity contribution in [3.63, 3.8) is 0 Å². The third-order valence-corrected chi connectivity index (χ3v) is 8.04. The molecule has 0 saturated heterocycles. The Bertz CT molecular complexity index is 1400. The second-order valence-corrected chi connectivity index (χ2v) is 10.5. The molecular weight excluding hydrogens is 493 g/mol. The number of thiophene rings is 2. The van der Waals surface area contributed by atoms with E-state index in [2.05, 4.69) is 24.9 Å². The van der Waals surface area contributed by atoms with Gasteiger partial charge in [0.05, 0.1) is 10.8 Å². The van der Waals surface area contributed by atoms with Gasteiger partial charge in [0.25, 0.3) is 0 Å². The van der Waals surface area contributed by atoms with Crippen molar-refractivity contribution >= 4 is 78.0 Å². The Morgan fingerprint density at radius 2 is 1.58 bits per heavy atom. The standard InChI is InChI=1S/C24H19Cl2N5S2/c25-19(1-2-21-28-13-16-5-9-32-23(16)30-21)20(26)11-18(15-3-7-27-8-4-15)12-22-29-14-17-6-10-33-24(17)31-22/h3-10,12-14,19-20H,1-2,11H2/b18-12+. The molecule has 0 fully saturated rings. The molecule has 0 N–H and O–H groups in total. The third kappa shape index (κ3) is 5.38. The predicted molar refractivity (Wildman–Crippen MR) is 139 cm³/mol. The second kappa shape index (κ2) is 10.2. The minimum atomic E-state index is -0.276. The van der Waals surface area contributed by atoms with Gasteiger partial charge in [0, 0.05) is 42.0 Å². The molecule has 0 aliphatic rings. The first-order chi connectivity index (χ1) is 16.2. The summed E-state index contributed by atoms with van der Waals surface area (Å²) in [6.45, 7) is 0. The normalized spacial score (nSPS) is 14.1. The van der Waals surface area contributed by atoms with Crippen molar-refractivity contribution in [2.45, 2.75) is 30.0 Å². The zero-order chi connectivity index (χ0) is 22.6. The summed E-state index contributed by atoms with van der Waals surface area (Å²) < 4.78 is 0. The van der Waals surface area contributed by atoms with Crippen molar-refractivity contribution in [2.24, 2.45) is 0 Å². The summed E-state index contributed by atoms with van der Waals surface area (Å²) in [4.78, 5) is 24.4. The van der Waals surface area contributed by atoms with Crippen molar-refractivity contribution in [2.75, 3.05) is 0 Å². The van der Waals surface area contributed by atoms with E-state index >= 15 is 0 Å². The number of fused-ring (bicyclic) bond motifs is 2. The molecule has 2 atom stereocenters. The molecule has 0 radical (unpaired) electrons. The van der Waals surface area contributed by atoms with E-state index in [0.717, 1.165) is 37.4 Å². The van der Waals surface area contributed by atoms with Crippen molar-refractivity contribution < 1.29 is 0 Å². The predicted octanol–water partition coefficient (Wildman–Crippen LogP) is 6.87. The van der Waals surface area contributed by atoms with Crippen molar-refractivity contribution in [1.29, 1.82) is 0 Å². The molecule has 0 amide bonds. The minimum Gasteiger partial charge on any atom is -0.265 e. The largest absolute Gasteiger partial charge is 0.265 e. The maximum absolute atomic E-state index is 6.80. The van der Waals surface area contributed by atoms with E-state index < -0.39 is 0 Å². The van der Waals surface area contributed by atoms with Gasteiger partial charge in [0.15, 0.2) is 5.82 Å². The molecule has 5 heterocycles. The van der Waals surface area contributed by atoms with Crippen LogP contribution in [0.1, 0.15) is 30.1 Å². The van der Waals surface area contributed by atoms with E-state index in [4.69, 9.17) is 23.2 Å². The molecule has 5 aromatic rings. The van der Waals surface area contributed by atoms with Gasteiger partial charge in [0.2, 0.25) is 0 Å². The summed E-state index contributed by atoms with van der Waals surface area (Å²) in [6, 6.07) is 7.97. The fourth-order valence-electron chi connectivity index (χ4n) is 3.52. The van der Waals surface area contributed by atoms with Crippen LogP contribution >= 0.6 is 45.9 Å². The average Bonchev–Trinajstić information content (AvgIpc) is 3.51. The highest BCUT2D eigenvalue weighted by atomic mass is 35.5. The van der Waals surface area contributed by atoms with Crippen LogP contribution in [0.3, 0.4) is 0 Å². The first-order valence-corrected chi connectivity index (χ1v) is 13.1. The lowest BCUT2D eigenvalue weighted by Gasteiger charge is -2.18. The molecule has 5 aromatic heterocycles. The van der Waals surface area contributed by atoms with Crippen LogP contribution in [-0.4, -0.2) is 35.7 Å². The number of aryl methyl sites for hydroxylation is 1. The van der Waals surface area contributed by atoms with E-state index in [9.17, 15) is 0 Å². The van der Waals surface area contributed by atoms with Crippen LogP contribution < -0.4 is 0 Å². The molecule has 0 saturated carbocycles. The Balaban J connectivity index is 1.32. The van der Waals surface area contributed by atoms with E-state index in [1.165, 1.54) is 0 Å². The Labute approximate surface area is 209 Å². The molecule has 0 bridgehead atoms. The van der Waals surface area contributed by atoms with E-state index in [-0.39, 0.29) is 10.8 Å². The topological polar surface area (TPSA) is 64.5 Å². The number of aromatic nitrogens is 5. The first-order valence-electron chi connectivity index (χ1n) is 10.4. The van der Waals surface area contributed by atoms with Crippen LogP contribution in [0.2, 0.25) is 0 Å². The van der Waals surface area contributed by atoms with Crippen LogP contribution in [0.5, 0.6) is 0 Å². The highest BCUT2D eigenvalue weighted by Crippen LogP contribution is 2.29. The van der Waals surface area contributed by atoms with E-state index in [1.807, 2.05) is 53.5 Å². The zero-order valence-corrected chi connectivity index (χ0v) is 20.6. The van der Waals surface area contributed by atoms with Gasteiger partial charge in [-0.2, -0.15) is 0 Å². The molecule has 0 aliphatic carbocycles. The maximum Gasteiger partial charge on any atom is 0.153 e. The molecule has 0 aromatic carbocycles. The fourth-order valence-corrected chi connectivity index (χ4v) is 5.51. The third-order valence-electron chi connectivity index (χ3n) is 5.29. The van der Waals surface area contributed by atoms with Gasteiger partial charge < -0.3 is 0 Å². The first kappa shape index (κ1) is 22.3. The molecule has 2 unspecified atom stereocenters. The summed E-state index contributed by atoms with van der Waals surface area (Å²) in [5, 5.41) is 5.64. The quantitative estimate of drug-likeness (QED) is 0.212. The summed E-state index contributed by atoms with van der Waals surface area (Å²) in [5.74, 6) is 1.45. The zero-order valence-electron chi connectivity index (χ0n) is 17.4. The second-order valence-electron chi connectivity index (χ2n) is 7.56. The van der Waals surface area contributed by atoms with Crippen LogP contribution in [0.15, 0.2) is 59.8 Å². The molecule has 0 spiro atoms. The Hall–Kier alpha value is -2.45. The number of pyridine rings is 1. The maximum atomic E-state index is 6.80. The minimum absolute atomic E-state index is 0.236. The summed E-state index contributed by atoms with van der Waals surface area (Å²) in [7, 11) is 0. The summed E-state index contributed by atoms with van der Waals surface area (Å²) in [5.41, 5.74) is 2.05. The fraction of sp³-hybridized carbons (Fsp3) is 0.208. The number of hydrogen-bond donors (Lipinski definition) is 0. The van der Waals surface area contributed by atoms with Crippen molar-refractivity contribution in [3.05, 3.63) is 77.0 Å². The Morgan fingerprint density at radius 3 is 2.33 bits per heavy atom. The molecular formula is C24H19Cl2N5S2. The lowest BCUT2D eigenvalue weighted by molar-refractivity contribution is 0.690. The number of halogens is 2. The number of allylic oxidation sites excluding steroid dienone is 1. The van der Waals surface area contributed by atoms with Crippen LogP contribution in [0.25, 0.3) is 32.1 Å². The van der Waals surface area contributed by atoms with Gasteiger partial charge in [0.1, 0.15) is 15.5 Å². The van der Waals surface area contributed by atoms with Crippen molar-refractivity contribution in [3.8, 4) is 0 Å². The van der Waals surface area contributed by atoms with Crippen LogP contribution in [0, 0.1) is 0 Å². The highest BCUT2D eigenvalue weighted by Gasteiger charge is 2.20. The molecule has 9 heteroatoms. The van der Waals surface area contributed by atoms with Gasteiger partial charge in [-0.15, -0.1) is 45.9 Å². The van der Waals surface area contributed by atoms with Gasteiger partial charge in [-0.25, -0.2) is 19.9 Å². The van der Waals surface area contributed by atoms with Gasteiger partial charge >= 0.3 is 0 Å². The SMILES string of the molecule is ClC(CCc1ncc2ccsc2n1)C(Cl)C/C(=C\c1ncc2ccsc2n1)c1ccncc1. The van der Waals surface area contributed by atoms with E-state index in [0.29, 0.717) is 25.1 Å². The summed E-state index contributed by atoms with van der Waals surface area (Å²) >= 11 is 16.7. The number of nitrogens with zero attached hydrogens (tertiary/aromatic N) is 5. The smallest absolute Gasteiger partial charge is 0.153 e. The molecule has 5 nitrogen and oxygen atoms in total. The lowest BCUT2D eigenvalue weighted by Crippen LogP contribution is -2.17.